The molecule has 2 aromatic rings. The van der Waals surface area contributed by atoms with Gasteiger partial charge in [-0.2, -0.15) is 0 Å². The predicted molar refractivity (Wildman–Crippen MR) is 76.3 cm³/mol. The molecule has 3 N–H and O–H groups in total. The zero-order chi connectivity index (χ0) is 13.8. The van der Waals surface area contributed by atoms with Gasteiger partial charge in [-0.1, -0.05) is 0 Å². The number of aromatic nitrogens is 1. The second-order valence-electron chi connectivity index (χ2n) is 4.03. The molecule has 100 valence electrons. The van der Waals surface area contributed by atoms with Crippen LogP contribution in [0.25, 0.3) is 0 Å². The van der Waals surface area contributed by atoms with E-state index in [1.165, 1.54) is 7.11 Å². The van der Waals surface area contributed by atoms with Gasteiger partial charge in [0.2, 0.25) is 0 Å². The summed E-state index contributed by atoms with van der Waals surface area (Å²) in [5, 5.41) is 6.11. The van der Waals surface area contributed by atoms with Crippen molar-refractivity contribution in [2.75, 3.05) is 18.2 Å². The van der Waals surface area contributed by atoms with Crippen LogP contribution in [0.3, 0.4) is 0 Å². The van der Waals surface area contributed by atoms with Gasteiger partial charge in [0.15, 0.2) is 0 Å². The third-order valence-electron chi connectivity index (χ3n) is 2.64. The molecule has 0 radical (unpaired) electrons. The first-order valence-corrected chi connectivity index (χ1v) is 6.63. The van der Waals surface area contributed by atoms with E-state index in [1.54, 1.807) is 35.7 Å². The van der Waals surface area contributed by atoms with Crippen molar-refractivity contribution in [2.24, 2.45) is 0 Å². The molecule has 0 aliphatic rings. The Morgan fingerprint density at radius 2 is 2.32 bits per heavy atom. The van der Waals surface area contributed by atoms with Crippen LogP contribution < -0.4 is 11.1 Å². The molecule has 0 aliphatic carbocycles. The number of hydrogen-bond acceptors (Lipinski definition) is 6. The number of nitrogen functional groups attached to an aromatic ring is 1. The van der Waals surface area contributed by atoms with E-state index in [0.29, 0.717) is 16.9 Å². The first-order valence-electron chi connectivity index (χ1n) is 5.75. The van der Waals surface area contributed by atoms with Crippen LogP contribution in [0, 0.1) is 0 Å². The van der Waals surface area contributed by atoms with Crippen molar-refractivity contribution in [3.05, 3.63) is 40.3 Å². The third kappa shape index (κ3) is 3.03. The number of thiazole rings is 1. The maximum atomic E-state index is 11.7. The lowest BCUT2D eigenvalue weighted by atomic mass is 10.1. The van der Waals surface area contributed by atoms with Gasteiger partial charge in [0.1, 0.15) is 5.01 Å². The summed E-state index contributed by atoms with van der Waals surface area (Å²) < 4.78 is 4.76. The normalized spacial score (nSPS) is 11.9. The van der Waals surface area contributed by atoms with Crippen LogP contribution in [-0.2, 0) is 4.74 Å². The Hall–Kier alpha value is -2.08. The zero-order valence-corrected chi connectivity index (χ0v) is 11.5. The maximum absolute atomic E-state index is 11.7. The summed E-state index contributed by atoms with van der Waals surface area (Å²) in [5.74, 6) is -0.416. The van der Waals surface area contributed by atoms with E-state index < -0.39 is 5.97 Å². The lowest BCUT2D eigenvalue weighted by Crippen LogP contribution is -2.12. The lowest BCUT2D eigenvalue weighted by Gasteiger charge is -2.15. The number of nitrogens with two attached hydrogens (primary N) is 1. The fourth-order valence-corrected chi connectivity index (χ4v) is 2.36. The average Bonchev–Trinajstić information content (AvgIpc) is 2.94. The van der Waals surface area contributed by atoms with Gasteiger partial charge < -0.3 is 15.8 Å². The number of methoxy groups -OCH3 is 1. The molecule has 0 fully saturated rings. The number of carbonyl (C=O) groups excluding carboxylic acids is 1. The smallest absolute Gasteiger partial charge is 0.340 e. The second kappa shape index (κ2) is 5.71. The van der Waals surface area contributed by atoms with Crippen molar-refractivity contribution >= 4 is 28.7 Å². The molecule has 19 heavy (non-hydrogen) atoms. The summed E-state index contributed by atoms with van der Waals surface area (Å²) in [6.07, 6.45) is 1.75. The van der Waals surface area contributed by atoms with Crippen LogP contribution in [0.15, 0.2) is 29.8 Å². The Bertz CT molecular complexity index is 569. The predicted octanol–water partition coefficient (Wildman–Crippen LogP) is 2.69. The van der Waals surface area contributed by atoms with E-state index in [2.05, 4.69) is 10.3 Å². The van der Waals surface area contributed by atoms with E-state index in [0.717, 1.165) is 5.01 Å². The highest BCUT2D eigenvalue weighted by atomic mass is 32.1. The second-order valence-corrected chi connectivity index (χ2v) is 4.96. The molecule has 0 bridgehead atoms. The van der Waals surface area contributed by atoms with Crippen molar-refractivity contribution in [3.8, 4) is 0 Å². The minimum Gasteiger partial charge on any atom is -0.465 e. The Morgan fingerprint density at radius 3 is 2.95 bits per heavy atom. The van der Waals surface area contributed by atoms with Gasteiger partial charge in [-0.3, -0.25) is 0 Å². The van der Waals surface area contributed by atoms with Gasteiger partial charge in [0, 0.05) is 23.0 Å². The maximum Gasteiger partial charge on any atom is 0.340 e. The van der Waals surface area contributed by atoms with Crippen molar-refractivity contribution in [2.45, 2.75) is 13.0 Å². The summed E-state index contributed by atoms with van der Waals surface area (Å²) in [5.41, 5.74) is 7.33. The van der Waals surface area contributed by atoms with Crippen LogP contribution >= 0.6 is 11.3 Å². The number of benzene rings is 1. The van der Waals surface area contributed by atoms with Gasteiger partial charge in [-0.15, -0.1) is 11.3 Å². The topological polar surface area (TPSA) is 77.2 Å². The summed E-state index contributed by atoms with van der Waals surface area (Å²) in [6, 6.07) is 5.12. The van der Waals surface area contributed by atoms with Gasteiger partial charge in [-0.25, -0.2) is 9.78 Å². The van der Waals surface area contributed by atoms with Crippen LogP contribution in [0.1, 0.15) is 28.3 Å². The highest BCUT2D eigenvalue weighted by Gasteiger charge is 2.15. The first-order chi connectivity index (χ1) is 9.11. The van der Waals surface area contributed by atoms with Crippen molar-refractivity contribution in [3.63, 3.8) is 0 Å². The molecule has 5 nitrogen and oxygen atoms in total. The van der Waals surface area contributed by atoms with E-state index >= 15 is 0 Å². The number of anilines is 2. The quantitative estimate of drug-likeness (QED) is 0.663. The molecule has 1 aromatic heterocycles. The highest BCUT2D eigenvalue weighted by Crippen LogP contribution is 2.25. The molecule has 1 atom stereocenters. The summed E-state index contributed by atoms with van der Waals surface area (Å²) in [4.78, 5) is 16.0. The molecule has 1 unspecified atom stereocenters. The fourth-order valence-electron chi connectivity index (χ4n) is 1.71. The van der Waals surface area contributed by atoms with Crippen molar-refractivity contribution in [1.29, 1.82) is 0 Å². The largest absolute Gasteiger partial charge is 0.465 e. The minimum atomic E-state index is -0.416. The number of ether oxygens (including phenoxy) is 1. The van der Waals surface area contributed by atoms with Gasteiger partial charge in [0.25, 0.3) is 0 Å². The molecule has 1 aromatic carbocycles. The molecule has 0 saturated carbocycles. The molecule has 0 spiro atoms. The Morgan fingerprint density at radius 1 is 1.53 bits per heavy atom. The number of nitrogens with one attached hydrogen (secondary N) is 1. The summed E-state index contributed by atoms with van der Waals surface area (Å²) in [6.45, 7) is 1.98. The van der Waals surface area contributed by atoms with E-state index in [4.69, 9.17) is 10.5 Å². The molecule has 0 aliphatic heterocycles. The van der Waals surface area contributed by atoms with Crippen molar-refractivity contribution in [1.82, 2.24) is 4.98 Å². The number of nitrogens with zero attached hydrogens (tertiary/aromatic N) is 1. The zero-order valence-electron chi connectivity index (χ0n) is 10.7. The molecule has 6 heteroatoms. The number of carbonyl (C=O) groups is 1. The Labute approximate surface area is 115 Å². The highest BCUT2D eigenvalue weighted by molar-refractivity contribution is 7.09. The van der Waals surface area contributed by atoms with Crippen LogP contribution in [0.5, 0.6) is 0 Å². The Kier molecular flexibility index (Phi) is 4.01. The monoisotopic (exact) mass is 277 g/mol. The third-order valence-corrected chi connectivity index (χ3v) is 3.60. The standard InChI is InChI=1S/C13H15N3O2S/c1-8(12-15-5-6-19-12)16-11-4-3-9(14)7-10(11)13(17)18-2/h3-8,16H,14H2,1-2H3. The van der Waals surface area contributed by atoms with E-state index in [-0.39, 0.29) is 6.04 Å². The number of hydrogen-bond donors (Lipinski definition) is 2. The number of esters is 1. The average molecular weight is 277 g/mol. The van der Waals surface area contributed by atoms with Gasteiger partial charge >= 0.3 is 5.97 Å². The van der Waals surface area contributed by atoms with E-state index in [1.807, 2.05) is 12.3 Å². The summed E-state index contributed by atoms with van der Waals surface area (Å²) in [7, 11) is 1.35. The van der Waals surface area contributed by atoms with Crippen molar-refractivity contribution < 1.29 is 9.53 Å². The first kappa shape index (κ1) is 13.4. The fraction of sp³-hybridized carbons (Fsp3) is 0.231. The molecular formula is C13H15N3O2S. The number of rotatable bonds is 4. The van der Waals surface area contributed by atoms with Crippen LogP contribution in [-0.4, -0.2) is 18.1 Å². The van der Waals surface area contributed by atoms with Crippen LogP contribution in [0.4, 0.5) is 11.4 Å². The Balaban J connectivity index is 2.27. The molecule has 0 amide bonds. The minimum absolute atomic E-state index is 0.00651. The summed E-state index contributed by atoms with van der Waals surface area (Å²) >= 11 is 1.56. The molecule has 2 rings (SSSR count). The SMILES string of the molecule is COC(=O)c1cc(N)ccc1NC(C)c1nccs1. The van der Waals surface area contributed by atoms with Crippen LogP contribution in [0.2, 0.25) is 0 Å². The molecule has 0 saturated heterocycles. The lowest BCUT2D eigenvalue weighted by molar-refractivity contribution is 0.0602. The molecule has 1 heterocycles. The van der Waals surface area contributed by atoms with Gasteiger partial charge in [0.05, 0.1) is 18.7 Å². The molecular weight excluding hydrogens is 262 g/mol. The van der Waals surface area contributed by atoms with E-state index in [9.17, 15) is 4.79 Å². The van der Waals surface area contributed by atoms with Gasteiger partial charge in [-0.05, 0) is 25.1 Å².